The van der Waals surface area contributed by atoms with Crippen molar-refractivity contribution in [3.63, 3.8) is 0 Å². The maximum absolute atomic E-state index is 12.2. The van der Waals surface area contributed by atoms with E-state index in [1.807, 2.05) is 12.1 Å². The molecule has 2 aromatic rings. The predicted octanol–water partition coefficient (Wildman–Crippen LogP) is 1.08. The second-order valence-corrected chi connectivity index (χ2v) is 6.16. The number of nitriles is 1. The number of rotatable bonds is 4. The lowest BCUT2D eigenvalue weighted by Crippen LogP contribution is -2.32. The molecule has 0 bridgehead atoms. The van der Waals surface area contributed by atoms with Gasteiger partial charge in [0.2, 0.25) is 0 Å². The van der Waals surface area contributed by atoms with Crippen LogP contribution in [0.4, 0.5) is 0 Å². The summed E-state index contributed by atoms with van der Waals surface area (Å²) in [6.45, 7) is 1.13. The molecular formula is C18H20N4O3. The first-order chi connectivity index (χ1) is 12.0. The average molecular weight is 340 g/mol. The molecule has 1 fully saturated rings. The Labute approximate surface area is 145 Å². The fourth-order valence-corrected chi connectivity index (χ4v) is 3.04. The quantitative estimate of drug-likeness (QED) is 0.666. The minimum Gasteiger partial charge on any atom is -0.376 e. The van der Waals surface area contributed by atoms with Gasteiger partial charge >= 0.3 is 5.69 Å². The van der Waals surface area contributed by atoms with E-state index in [1.165, 1.54) is 10.6 Å². The van der Waals surface area contributed by atoms with Gasteiger partial charge in [0.15, 0.2) is 0 Å². The van der Waals surface area contributed by atoms with Crippen molar-refractivity contribution in [1.82, 2.24) is 14.5 Å². The average Bonchev–Trinajstić information content (AvgIpc) is 3.21. The molecule has 1 aliphatic rings. The zero-order chi connectivity index (χ0) is 18.0. The van der Waals surface area contributed by atoms with E-state index < -0.39 is 5.91 Å². The predicted molar refractivity (Wildman–Crippen MR) is 93.7 cm³/mol. The van der Waals surface area contributed by atoms with Crippen LogP contribution in [0.1, 0.15) is 18.4 Å². The molecule has 7 heteroatoms. The smallest absolute Gasteiger partial charge is 0.328 e. The van der Waals surface area contributed by atoms with Crippen LogP contribution < -0.4 is 11.0 Å². The largest absolute Gasteiger partial charge is 0.376 e. The van der Waals surface area contributed by atoms with Crippen LogP contribution in [0.5, 0.6) is 0 Å². The van der Waals surface area contributed by atoms with Crippen LogP contribution in [-0.4, -0.2) is 34.3 Å². The Morgan fingerprint density at radius 3 is 2.84 bits per heavy atom. The number of carbonyl (C=O) groups excluding carboxylic acids is 1. The number of ether oxygens (including phenoxy) is 1. The molecule has 0 aliphatic carbocycles. The molecule has 1 N–H and O–H groups in total. The lowest BCUT2D eigenvalue weighted by atomic mass is 10.1. The van der Waals surface area contributed by atoms with E-state index in [0.717, 1.165) is 30.5 Å². The van der Waals surface area contributed by atoms with E-state index in [0.29, 0.717) is 12.1 Å². The van der Waals surface area contributed by atoms with Gasteiger partial charge in [-0.15, -0.1) is 0 Å². The van der Waals surface area contributed by atoms with E-state index in [2.05, 4.69) is 5.32 Å². The number of nitrogens with one attached hydrogen (secondary N) is 1. The molecule has 1 aromatic carbocycles. The molecule has 130 valence electrons. The van der Waals surface area contributed by atoms with Crippen LogP contribution >= 0.6 is 0 Å². The molecular weight excluding hydrogens is 320 g/mol. The summed E-state index contributed by atoms with van der Waals surface area (Å²) in [6.07, 6.45) is 3.47. The van der Waals surface area contributed by atoms with Crippen LogP contribution in [0.25, 0.3) is 17.1 Å². The van der Waals surface area contributed by atoms with Crippen LogP contribution in [0.2, 0.25) is 0 Å². The molecule has 7 nitrogen and oxygen atoms in total. The highest BCUT2D eigenvalue weighted by Crippen LogP contribution is 2.16. The third-order valence-electron chi connectivity index (χ3n) is 4.49. The van der Waals surface area contributed by atoms with Crippen molar-refractivity contribution in [3.8, 4) is 6.07 Å². The zero-order valence-electron chi connectivity index (χ0n) is 14.3. The number of benzene rings is 1. The molecule has 0 saturated carbocycles. The highest BCUT2D eigenvalue weighted by molar-refractivity contribution is 6.02. The molecule has 1 atom stereocenters. The van der Waals surface area contributed by atoms with E-state index >= 15 is 0 Å². The first kappa shape index (κ1) is 17.0. The van der Waals surface area contributed by atoms with Gasteiger partial charge in [-0.05, 0) is 36.6 Å². The molecule has 1 amide bonds. The lowest BCUT2D eigenvalue weighted by molar-refractivity contribution is -0.117. The number of fused-ring (bicyclic) bond motifs is 1. The monoisotopic (exact) mass is 340 g/mol. The van der Waals surface area contributed by atoms with Gasteiger partial charge in [0, 0.05) is 27.2 Å². The maximum atomic E-state index is 12.2. The van der Waals surface area contributed by atoms with Crippen molar-refractivity contribution in [2.45, 2.75) is 18.9 Å². The van der Waals surface area contributed by atoms with Gasteiger partial charge in [0.25, 0.3) is 5.91 Å². The van der Waals surface area contributed by atoms with E-state index in [1.54, 1.807) is 30.8 Å². The van der Waals surface area contributed by atoms with Gasteiger partial charge < -0.3 is 10.1 Å². The van der Waals surface area contributed by atoms with Gasteiger partial charge in [-0.25, -0.2) is 4.79 Å². The number of amides is 1. The van der Waals surface area contributed by atoms with Gasteiger partial charge in [0.1, 0.15) is 11.6 Å². The Kier molecular flexibility index (Phi) is 4.72. The molecule has 0 unspecified atom stereocenters. The van der Waals surface area contributed by atoms with E-state index in [-0.39, 0.29) is 17.4 Å². The van der Waals surface area contributed by atoms with Crippen molar-refractivity contribution in [1.29, 1.82) is 5.26 Å². The summed E-state index contributed by atoms with van der Waals surface area (Å²) in [5, 5.41) is 12.0. The van der Waals surface area contributed by atoms with Crippen molar-refractivity contribution in [2.75, 3.05) is 13.2 Å². The second kappa shape index (κ2) is 6.95. The molecule has 25 heavy (non-hydrogen) atoms. The van der Waals surface area contributed by atoms with Crippen LogP contribution in [0.15, 0.2) is 28.6 Å². The number of hydrogen-bond acceptors (Lipinski definition) is 4. The molecule has 2 heterocycles. The van der Waals surface area contributed by atoms with Crippen LogP contribution in [-0.2, 0) is 23.6 Å². The SMILES string of the molecule is Cn1c(=O)n(C)c2cc(/C=C(\C#N)C(=O)NC[C@H]3CCCO3)ccc21. The topological polar surface area (TPSA) is 89.0 Å². The highest BCUT2D eigenvalue weighted by Gasteiger charge is 2.17. The number of imidazole rings is 1. The number of nitrogens with zero attached hydrogens (tertiary/aromatic N) is 3. The zero-order valence-corrected chi connectivity index (χ0v) is 14.3. The lowest BCUT2D eigenvalue weighted by Gasteiger charge is -2.10. The van der Waals surface area contributed by atoms with E-state index in [4.69, 9.17) is 4.74 Å². The first-order valence-corrected chi connectivity index (χ1v) is 8.18. The number of carbonyl (C=O) groups is 1. The van der Waals surface area contributed by atoms with E-state index in [9.17, 15) is 14.9 Å². The Balaban J connectivity index is 1.82. The van der Waals surface area contributed by atoms with Gasteiger partial charge in [-0.2, -0.15) is 5.26 Å². The Hall–Kier alpha value is -2.85. The number of aryl methyl sites for hydroxylation is 2. The van der Waals surface area contributed by atoms with Crippen molar-refractivity contribution >= 4 is 23.0 Å². The first-order valence-electron chi connectivity index (χ1n) is 8.18. The second-order valence-electron chi connectivity index (χ2n) is 6.16. The Morgan fingerprint density at radius 1 is 1.40 bits per heavy atom. The normalized spacial score (nSPS) is 17.6. The summed E-state index contributed by atoms with van der Waals surface area (Å²) in [4.78, 5) is 24.2. The van der Waals surface area contributed by atoms with Crippen LogP contribution in [0, 0.1) is 11.3 Å². The summed E-state index contributed by atoms with van der Waals surface area (Å²) in [5.74, 6) is -0.417. The fourth-order valence-electron chi connectivity index (χ4n) is 3.04. The van der Waals surface area contributed by atoms with Crippen molar-refractivity contribution in [2.24, 2.45) is 14.1 Å². The molecule has 1 aliphatic heterocycles. The minimum absolute atomic E-state index is 0.0262. The molecule has 3 rings (SSSR count). The van der Waals surface area contributed by atoms with Gasteiger partial charge in [-0.3, -0.25) is 13.9 Å². The van der Waals surface area contributed by atoms with Gasteiger partial charge in [-0.1, -0.05) is 6.07 Å². The summed E-state index contributed by atoms with van der Waals surface area (Å²) >= 11 is 0. The summed E-state index contributed by atoms with van der Waals surface area (Å²) in [7, 11) is 3.40. The molecule has 0 radical (unpaired) electrons. The van der Waals surface area contributed by atoms with Crippen molar-refractivity contribution in [3.05, 3.63) is 39.8 Å². The molecule has 0 spiro atoms. The minimum atomic E-state index is -0.417. The Bertz CT molecular complexity index is 940. The molecule has 1 aromatic heterocycles. The Morgan fingerprint density at radius 2 is 2.16 bits per heavy atom. The third kappa shape index (κ3) is 3.35. The standard InChI is InChI=1S/C18H20N4O3/c1-21-15-6-5-12(9-16(15)22(2)18(21)24)8-13(10-19)17(23)20-11-14-4-3-7-25-14/h5-6,8-9,14H,3-4,7,11H2,1-2H3,(H,20,23)/b13-8+/t14-/m1/s1. The summed E-state index contributed by atoms with van der Waals surface area (Å²) in [5.41, 5.74) is 2.14. The maximum Gasteiger partial charge on any atom is 0.328 e. The summed E-state index contributed by atoms with van der Waals surface area (Å²) < 4.78 is 8.55. The molecule has 1 saturated heterocycles. The third-order valence-corrected chi connectivity index (χ3v) is 4.49. The highest BCUT2D eigenvalue weighted by atomic mass is 16.5. The summed E-state index contributed by atoms with van der Waals surface area (Å²) in [6, 6.07) is 7.32. The van der Waals surface area contributed by atoms with Crippen molar-refractivity contribution < 1.29 is 9.53 Å². The number of hydrogen-bond donors (Lipinski definition) is 1. The fraction of sp³-hybridized carbons (Fsp3) is 0.389. The number of aromatic nitrogens is 2. The van der Waals surface area contributed by atoms with Crippen LogP contribution in [0.3, 0.4) is 0 Å². The van der Waals surface area contributed by atoms with Gasteiger partial charge in [0.05, 0.1) is 17.1 Å².